The molecule has 6 nitrogen and oxygen atoms in total. The highest BCUT2D eigenvalue weighted by Crippen LogP contribution is 2.17. The molecule has 0 spiro atoms. The van der Waals surface area contributed by atoms with Crippen molar-refractivity contribution < 1.29 is 28.6 Å². The van der Waals surface area contributed by atoms with E-state index in [1.54, 1.807) is 0 Å². The van der Waals surface area contributed by atoms with Gasteiger partial charge in [-0.05, 0) is 25.2 Å². The van der Waals surface area contributed by atoms with Crippen LogP contribution in [0.1, 0.15) is 285 Å². The highest BCUT2D eigenvalue weighted by Gasteiger charge is 2.19. The number of unbranched alkanes of at least 4 members (excludes halogenated alkanes) is 33. The quantitative estimate of drug-likeness (QED) is 0.0346. The molecule has 1 atom stereocenters. The van der Waals surface area contributed by atoms with Gasteiger partial charge in [0.25, 0.3) is 0 Å². The Morgan fingerprint density at radius 3 is 0.860 bits per heavy atom. The van der Waals surface area contributed by atoms with Crippen molar-refractivity contribution in [2.45, 2.75) is 291 Å². The monoisotopic (exact) mass is 807 g/mol. The van der Waals surface area contributed by atoms with Gasteiger partial charge in [0.05, 0.1) is 0 Å². The summed E-state index contributed by atoms with van der Waals surface area (Å²) in [5, 5.41) is 0. The standard InChI is InChI=1S/C51H98O6/c1-5-7-9-11-13-15-17-19-23-27-31-35-39-43-50(53)56-46-48(45-55-49(52)42-38-34-30-26-22-18-16-14-12-10-8-6-2)57-51(54)44-40-36-32-28-24-20-21-25-29-33-37-41-47(3)4/h47-48H,5-46H2,1-4H3/t48-/m0/s1. The van der Waals surface area contributed by atoms with Gasteiger partial charge in [-0.1, -0.05) is 246 Å². The molecule has 0 radical (unpaired) electrons. The Kier molecular flexibility index (Phi) is 44.2. The Morgan fingerprint density at radius 1 is 0.333 bits per heavy atom. The fourth-order valence-electron chi connectivity index (χ4n) is 7.69. The third kappa shape index (κ3) is 45.3. The Morgan fingerprint density at radius 2 is 0.579 bits per heavy atom. The molecule has 0 saturated heterocycles. The van der Waals surface area contributed by atoms with Crippen LogP contribution in [0.5, 0.6) is 0 Å². The van der Waals surface area contributed by atoms with Crippen molar-refractivity contribution in [2.75, 3.05) is 13.2 Å². The molecule has 0 fully saturated rings. The van der Waals surface area contributed by atoms with Gasteiger partial charge in [-0.2, -0.15) is 0 Å². The summed E-state index contributed by atoms with van der Waals surface area (Å²) in [6.07, 6.45) is 46.5. The van der Waals surface area contributed by atoms with Crippen LogP contribution < -0.4 is 0 Å². The van der Waals surface area contributed by atoms with Crippen molar-refractivity contribution in [3.63, 3.8) is 0 Å². The summed E-state index contributed by atoms with van der Waals surface area (Å²) in [5.41, 5.74) is 0. The lowest BCUT2D eigenvalue weighted by Crippen LogP contribution is -2.30. The molecule has 0 unspecified atom stereocenters. The van der Waals surface area contributed by atoms with Crippen molar-refractivity contribution in [3.05, 3.63) is 0 Å². The molecule has 338 valence electrons. The average Bonchev–Trinajstić information content (AvgIpc) is 3.19. The summed E-state index contributed by atoms with van der Waals surface area (Å²) in [5.74, 6) is -0.0208. The van der Waals surface area contributed by atoms with Gasteiger partial charge < -0.3 is 14.2 Å². The number of rotatable bonds is 46. The summed E-state index contributed by atoms with van der Waals surface area (Å²) in [6, 6.07) is 0. The summed E-state index contributed by atoms with van der Waals surface area (Å²) < 4.78 is 16.8. The third-order valence-electron chi connectivity index (χ3n) is 11.5. The Balaban J connectivity index is 4.32. The van der Waals surface area contributed by atoms with E-state index in [9.17, 15) is 14.4 Å². The Bertz CT molecular complexity index is 857. The van der Waals surface area contributed by atoms with Crippen LogP contribution >= 0.6 is 0 Å². The molecular formula is C51H98O6. The first kappa shape index (κ1) is 55.4. The topological polar surface area (TPSA) is 78.9 Å². The summed E-state index contributed by atoms with van der Waals surface area (Å²) in [7, 11) is 0. The van der Waals surface area contributed by atoms with Crippen molar-refractivity contribution in [1.29, 1.82) is 0 Å². The molecule has 0 saturated carbocycles. The lowest BCUT2D eigenvalue weighted by molar-refractivity contribution is -0.167. The lowest BCUT2D eigenvalue weighted by atomic mass is 10.0. The van der Waals surface area contributed by atoms with Crippen LogP contribution in [0.25, 0.3) is 0 Å². The minimum atomic E-state index is -0.760. The number of hydrogen-bond acceptors (Lipinski definition) is 6. The van der Waals surface area contributed by atoms with Crippen molar-refractivity contribution >= 4 is 17.9 Å². The molecule has 0 aromatic rings. The third-order valence-corrected chi connectivity index (χ3v) is 11.5. The number of ether oxygens (including phenoxy) is 3. The first-order chi connectivity index (χ1) is 27.9. The SMILES string of the molecule is CCCCCCCCCCCCCCCC(=O)OC[C@H](COC(=O)CCCCCCCCCCCCCC)OC(=O)CCCCCCCCCCCCCC(C)C. The van der Waals surface area contributed by atoms with Crippen LogP contribution in [0.3, 0.4) is 0 Å². The minimum absolute atomic E-state index is 0.0629. The molecule has 0 aromatic heterocycles. The molecule has 0 bridgehead atoms. The molecule has 0 aliphatic rings. The van der Waals surface area contributed by atoms with Gasteiger partial charge in [-0.15, -0.1) is 0 Å². The van der Waals surface area contributed by atoms with Crippen molar-refractivity contribution in [3.8, 4) is 0 Å². The second-order valence-electron chi connectivity index (χ2n) is 17.9. The molecule has 6 heteroatoms. The molecule has 57 heavy (non-hydrogen) atoms. The largest absolute Gasteiger partial charge is 0.462 e. The first-order valence-electron chi connectivity index (χ1n) is 25.4. The van der Waals surface area contributed by atoms with Crippen molar-refractivity contribution in [2.24, 2.45) is 5.92 Å². The van der Waals surface area contributed by atoms with Gasteiger partial charge >= 0.3 is 17.9 Å². The van der Waals surface area contributed by atoms with Crippen LogP contribution in [0.15, 0.2) is 0 Å². The van der Waals surface area contributed by atoms with Crippen LogP contribution in [0.2, 0.25) is 0 Å². The zero-order valence-corrected chi connectivity index (χ0v) is 38.8. The predicted molar refractivity (Wildman–Crippen MR) is 243 cm³/mol. The van der Waals surface area contributed by atoms with E-state index in [1.807, 2.05) is 0 Å². The van der Waals surface area contributed by atoms with Crippen LogP contribution in [-0.2, 0) is 28.6 Å². The Hall–Kier alpha value is -1.59. The van der Waals surface area contributed by atoms with Gasteiger partial charge in [0, 0.05) is 19.3 Å². The van der Waals surface area contributed by atoms with Gasteiger partial charge in [0.2, 0.25) is 0 Å². The fourth-order valence-corrected chi connectivity index (χ4v) is 7.69. The van der Waals surface area contributed by atoms with E-state index in [0.717, 1.165) is 63.7 Å². The molecule has 0 heterocycles. The smallest absolute Gasteiger partial charge is 0.306 e. The molecule has 0 rings (SSSR count). The second-order valence-corrected chi connectivity index (χ2v) is 17.9. The maximum Gasteiger partial charge on any atom is 0.306 e. The van der Waals surface area contributed by atoms with Crippen LogP contribution in [0.4, 0.5) is 0 Å². The highest BCUT2D eigenvalue weighted by molar-refractivity contribution is 5.71. The van der Waals surface area contributed by atoms with Gasteiger partial charge in [-0.3, -0.25) is 14.4 Å². The fraction of sp³-hybridized carbons (Fsp3) is 0.941. The Labute approximate surface area is 355 Å². The average molecular weight is 807 g/mol. The van der Waals surface area contributed by atoms with E-state index < -0.39 is 6.10 Å². The number of carbonyl (C=O) groups excluding carboxylic acids is 3. The molecule has 0 aliphatic carbocycles. The van der Waals surface area contributed by atoms with E-state index in [0.29, 0.717) is 19.3 Å². The molecule has 0 aromatic carbocycles. The van der Waals surface area contributed by atoms with Gasteiger partial charge in [0.1, 0.15) is 13.2 Å². The first-order valence-corrected chi connectivity index (χ1v) is 25.4. The highest BCUT2D eigenvalue weighted by atomic mass is 16.6. The molecular weight excluding hydrogens is 709 g/mol. The van der Waals surface area contributed by atoms with Crippen molar-refractivity contribution in [1.82, 2.24) is 0 Å². The van der Waals surface area contributed by atoms with Crippen LogP contribution in [-0.4, -0.2) is 37.2 Å². The van der Waals surface area contributed by atoms with E-state index in [1.165, 1.54) is 180 Å². The summed E-state index contributed by atoms with van der Waals surface area (Å²) in [4.78, 5) is 37.9. The second kappa shape index (κ2) is 45.5. The van der Waals surface area contributed by atoms with Gasteiger partial charge in [0.15, 0.2) is 6.10 Å². The van der Waals surface area contributed by atoms with Gasteiger partial charge in [-0.25, -0.2) is 0 Å². The maximum absolute atomic E-state index is 12.8. The normalized spacial score (nSPS) is 11.9. The number of carbonyl (C=O) groups is 3. The van der Waals surface area contributed by atoms with E-state index in [2.05, 4.69) is 27.7 Å². The van der Waals surface area contributed by atoms with Crippen LogP contribution in [0, 0.1) is 5.92 Å². The molecule has 0 aliphatic heterocycles. The minimum Gasteiger partial charge on any atom is -0.462 e. The maximum atomic E-state index is 12.8. The summed E-state index contributed by atoms with van der Waals surface area (Å²) >= 11 is 0. The number of hydrogen-bond donors (Lipinski definition) is 0. The number of esters is 3. The van der Waals surface area contributed by atoms with E-state index in [-0.39, 0.29) is 31.1 Å². The molecule has 0 amide bonds. The zero-order chi connectivity index (χ0) is 41.7. The lowest BCUT2D eigenvalue weighted by Gasteiger charge is -2.18. The zero-order valence-electron chi connectivity index (χ0n) is 38.8. The van der Waals surface area contributed by atoms with E-state index >= 15 is 0 Å². The summed E-state index contributed by atoms with van der Waals surface area (Å²) in [6.45, 7) is 9.01. The predicted octanol–water partition coefficient (Wildman–Crippen LogP) is 16.3. The molecule has 0 N–H and O–H groups in total. The van der Waals surface area contributed by atoms with E-state index in [4.69, 9.17) is 14.2 Å².